The Bertz CT molecular complexity index is 936. The van der Waals surface area contributed by atoms with E-state index in [1.54, 1.807) is 11.8 Å². The zero-order chi connectivity index (χ0) is 26.0. The van der Waals surface area contributed by atoms with E-state index >= 15 is 0 Å². The predicted octanol–water partition coefficient (Wildman–Crippen LogP) is 4.58. The minimum absolute atomic E-state index is 0.0296. The number of aromatic nitrogens is 2. The van der Waals surface area contributed by atoms with Crippen molar-refractivity contribution >= 4 is 11.9 Å². The molecule has 1 saturated heterocycles. The molecule has 6 unspecified atom stereocenters. The number of carbonyl (C=O) groups excluding carboxylic acids is 1. The van der Waals surface area contributed by atoms with Gasteiger partial charge in [-0.2, -0.15) is 18.3 Å². The molecule has 3 aliphatic rings. The van der Waals surface area contributed by atoms with E-state index in [0.717, 1.165) is 12.8 Å². The van der Waals surface area contributed by atoms with E-state index in [9.17, 15) is 22.4 Å². The Morgan fingerprint density at radius 2 is 2.00 bits per heavy atom. The number of aryl methyl sites for hydroxylation is 1. The third kappa shape index (κ3) is 6.14. The van der Waals surface area contributed by atoms with Gasteiger partial charge >= 0.3 is 6.18 Å². The molecule has 0 spiro atoms. The number of rotatable bonds is 7. The number of ether oxygens (including phenoxy) is 1. The number of hydrogen-bond acceptors (Lipinski definition) is 4. The molecule has 0 aromatic carbocycles. The van der Waals surface area contributed by atoms with Crippen molar-refractivity contribution in [3.63, 3.8) is 0 Å². The maximum absolute atomic E-state index is 13.8. The van der Waals surface area contributed by atoms with Crippen molar-refractivity contribution in [3.05, 3.63) is 17.5 Å². The van der Waals surface area contributed by atoms with Crippen LogP contribution in [0, 0.1) is 29.1 Å². The molecule has 1 amide bonds. The molecule has 1 aromatic heterocycles. The molecule has 0 bridgehead atoms. The van der Waals surface area contributed by atoms with Gasteiger partial charge in [0.1, 0.15) is 12.8 Å². The van der Waals surface area contributed by atoms with Crippen LogP contribution in [-0.4, -0.2) is 59.0 Å². The van der Waals surface area contributed by atoms with Gasteiger partial charge in [-0.25, -0.2) is 4.39 Å². The summed E-state index contributed by atoms with van der Waals surface area (Å²) in [6, 6.07) is 0.0745. The van der Waals surface area contributed by atoms with Gasteiger partial charge in [-0.15, -0.1) is 0 Å². The average molecular weight is 516 g/mol. The largest absolute Gasteiger partial charge is 0.463 e. The van der Waals surface area contributed by atoms with E-state index in [2.05, 4.69) is 10.4 Å². The van der Waals surface area contributed by atoms with Crippen molar-refractivity contribution in [1.82, 2.24) is 20.0 Å². The number of nitrogens with zero attached hydrogens (tertiary/aromatic N) is 3. The lowest BCUT2D eigenvalue weighted by molar-refractivity contribution is -0.142. The Hall–Kier alpha value is -2.33. The molecule has 0 radical (unpaired) electrons. The number of alkyl halides is 4. The fraction of sp³-hybridized carbons (Fsp3) is 0.800. The van der Waals surface area contributed by atoms with Gasteiger partial charge in [0.2, 0.25) is 5.91 Å². The molecule has 11 heteroatoms. The molecule has 202 valence electrons. The van der Waals surface area contributed by atoms with Gasteiger partial charge in [0.05, 0.1) is 6.54 Å². The highest BCUT2D eigenvalue weighted by Gasteiger charge is 2.43. The average Bonchev–Trinajstić information content (AvgIpc) is 3.46. The number of nitrogens with one attached hydrogen (secondary N) is 2. The quantitative estimate of drug-likeness (QED) is 0.521. The summed E-state index contributed by atoms with van der Waals surface area (Å²) in [4.78, 5) is 15.0. The predicted molar refractivity (Wildman–Crippen MR) is 126 cm³/mol. The molecule has 36 heavy (non-hydrogen) atoms. The van der Waals surface area contributed by atoms with Crippen LogP contribution in [0.5, 0.6) is 0 Å². The van der Waals surface area contributed by atoms with Crippen LogP contribution in [0.1, 0.15) is 69.5 Å². The highest BCUT2D eigenvalue weighted by molar-refractivity contribution is 5.79. The molecular formula is C25H37F4N5O2. The zero-order valence-electron chi connectivity index (χ0n) is 21.0. The van der Waals surface area contributed by atoms with Crippen molar-refractivity contribution in [3.8, 4) is 0 Å². The highest BCUT2D eigenvalue weighted by atomic mass is 19.4. The third-order valence-electron chi connectivity index (χ3n) is 8.10. The second-order valence-corrected chi connectivity index (χ2v) is 10.8. The van der Waals surface area contributed by atoms with Gasteiger partial charge in [-0.05, 0) is 69.1 Å². The van der Waals surface area contributed by atoms with Crippen LogP contribution in [0.15, 0.2) is 6.20 Å². The summed E-state index contributed by atoms with van der Waals surface area (Å²) in [6.07, 6.45) is -0.586. The van der Waals surface area contributed by atoms with E-state index in [0.29, 0.717) is 58.5 Å². The van der Waals surface area contributed by atoms with Gasteiger partial charge in [-0.3, -0.25) is 14.9 Å². The Morgan fingerprint density at radius 1 is 1.22 bits per heavy atom. The molecule has 1 aromatic rings. The Kier molecular flexibility index (Phi) is 8.14. The first-order valence-corrected chi connectivity index (χ1v) is 13.1. The van der Waals surface area contributed by atoms with E-state index in [1.807, 2.05) is 6.92 Å². The molecular weight excluding hydrogens is 478 g/mol. The summed E-state index contributed by atoms with van der Waals surface area (Å²) in [5, 5.41) is 14.8. The Morgan fingerprint density at radius 3 is 2.64 bits per heavy atom. The normalized spacial score (nSPS) is 31.4. The second kappa shape index (κ2) is 11.0. The van der Waals surface area contributed by atoms with Crippen molar-refractivity contribution in [2.75, 3.05) is 26.2 Å². The number of amides is 1. The molecule has 2 saturated carbocycles. The summed E-state index contributed by atoms with van der Waals surface area (Å²) in [6.45, 7) is 5.88. The highest BCUT2D eigenvalue weighted by Crippen LogP contribution is 2.44. The Labute approximate surface area is 209 Å². The summed E-state index contributed by atoms with van der Waals surface area (Å²) >= 11 is 0. The first-order chi connectivity index (χ1) is 17.0. The smallest absolute Gasteiger partial charge is 0.435 e. The summed E-state index contributed by atoms with van der Waals surface area (Å²) < 4.78 is 61.9. The molecule has 2 aliphatic carbocycles. The van der Waals surface area contributed by atoms with Gasteiger partial charge in [0.25, 0.3) is 6.02 Å². The van der Waals surface area contributed by atoms with Crippen LogP contribution < -0.4 is 5.32 Å². The summed E-state index contributed by atoms with van der Waals surface area (Å²) in [7, 11) is 0. The fourth-order valence-corrected chi connectivity index (χ4v) is 6.15. The van der Waals surface area contributed by atoms with Gasteiger partial charge in [0, 0.05) is 37.3 Å². The van der Waals surface area contributed by atoms with E-state index < -0.39 is 29.9 Å². The minimum atomic E-state index is -4.57. The minimum Gasteiger partial charge on any atom is -0.463 e. The van der Waals surface area contributed by atoms with Crippen LogP contribution in [-0.2, 0) is 22.3 Å². The van der Waals surface area contributed by atoms with Crippen molar-refractivity contribution in [1.29, 1.82) is 5.41 Å². The second-order valence-electron chi connectivity index (χ2n) is 10.8. The fourth-order valence-electron chi connectivity index (χ4n) is 6.15. The molecule has 7 nitrogen and oxygen atoms in total. The van der Waals surface area contributed by atoms with Crippen LogP contribution in [0.4, 0.5) is 17.6 Å². The van der Waals surface area contributed by atoms with E-state index in [-0.39, 0.29) is 35.2 Å². The number of hydrogen-bond donors (Lipinski definition) is 2. The monoisotopic (exact) mass is 515 g/mol. The Balaban J connectivity index is 1.50. The van der Waals surface area contributed by atoms with Gasteiger partial charge in [0.15, 0.2) is 5.69 Å². The third-order valence-corrected chi connectivity index (χ3v) is 8.10. The van der Waals surface area contributed by atoms with E-state index in [1.165, 1.54) is 10.9 Å². The maximum atomic E-state index is 13.8. The lowest BCUT2D eigenvalue weighted by Crippen LogP contribution is -2.41. The standard InChI is InChI=1S/C25H37F4N5O2/c1-3-34-14-20(22(32-34)25(27,28)29)18-9-17(13-33-6-7-36-24(33)30)10-19(11-18)23(35)31-12-16-4-5-21(26)15(2)8-16/h14-19,21,30H,3-13H2,1-2H3,(H,31,35). The molecule has 6 atom stereocenters. The summed E-state index contributed by atoms with van der Waals surface area (Å²) in [5.74, 6) is -0.923. The van der Waals surface area contributed by atoms with E-state index in [4.69, 9.17) is 10.1 Å². The first kappa shape index (κ1) is 26.7. The molecule has 4 rings (SSSR count). The molecule has 2 heterocycles. The molecule has 1 aliphatic heterocycles. The summed E-state index contributed by atoms with van der Waals surface area (Å²) in [5.41, 5.74) is -0.724. The van der Waals surface area contributed by atoms with Crippen LogP contribution in [0.25, 0.3) is 0 Å². The zero-order valence-corrected chi connectivity index (χ0v) is 21.0. The van der Waals surface area contributed by atoms with Gasteiger partial charge < -0.3 is 15.0 Å². The number of halogens is 4. The molecule has 2 N–H and O–H groups in total. The maximum Gasteiger partial charge on any atom is 0.435 e. The topological polar surface area (TPSA) is 83.2 Å². The van der Waals surface area contributed by atoms with Crippen molar-refractivity contribution in [2.24, 2.45) is 23.7 Å². The lowest BCUT2D eigenvalue weighted by atomic mass is 9.72. The number of carbonyl (C=O) groups is 1. The number of amidine groups is 1. The van der Waals surface area contributed by atoms with Crippen LogP contribution >= 0.6 is 0 Å². The SMILES string of the molecule is CCn1cc(C2CC(CN3CCOC3=N)CC(C(=O)NCC3CCC(F)C(C)C3)C2)c(C(F)(F)F)n1. The first-order valence-electron chi connectivity index (χ1n) is 13.1. The van der Waals surface area contributed by atoms with Crippen LogP contribution in [0.3, 0.4) is 0 Å². The van der Waals surface area contributed by atoms with Crippen LogP contribution in [0.2, 0.25) is 0 Å². The lowest BCUT2D eigenvalue weighted by Gasteiger charge is -2.36. The van der Waals surface area contributed by atoms with Gasteiger partial charge in [-0.1, -0.05) is 6.92 Å². The van der Waals surface area contributed by atoms with Crippen molar-refractivity contribution < 1.29 is 27.1 Å². The van der Waals surface area contributed by atoms with Crippen molar-refractivity contribution in [2.45, 2.75) is 77.2 Å². The molecule has 3 fully saturated rings.